The molecule has 106 valence electrons. The summed E-state index contributed by atoms with van der Waals surface area (Å²) in [6.07, 6.45) is 5.93. The molecule has 1 N–H and O–H groups in total. The van der Waals surface area contributed by atoms with Gasteiger partial charge in [-0.3, -0.25) is 0 Å². The van der Waals surface area contributed by atoms with Gasteiger partial charge in [-0.2, -0.15) is 0 Å². The Morgan fingerprint density at radius 2 is 1.60 bits per heavy atom. The molecule has 0 heterocycles. The molecule has 2 aromatic rings. The predicted octanol–water partition coefficient (Wildman–Crippen LogP) is 4.98. The summed E-state index contributed by atoms with van der Waals surface area (Å²) in [6, 6.07) is 18.4. The van der Waals surface area contributed by atoms with Gasteiger partial charge in [0.2, 0.25) is 0 Å². The van der Waals surface area contributed by atoms with E-state index in [1.165, 1.54) is 30.4 Å². The first-order valence-electron chi connectivity index (χ1n) is 7.59. The van der Waals surface area contributed by atoms with Crippen molar-refractivity contribution in [2.75, 3.05) is 0 Å². The van der Waals surface area contributed by atoms with Crippen LogP contribution in [-0.2, 0) is 12.8 Å². The van der Waals surface area contributed by atoms with Gasteiger partial charge in [0, 0.05) is 0 Å². The van der Waals surface area contributed by atoms with Crippen LogP contribution in [-0.4, -0.2) is 5.11 Å². The summed E-state index contributed by atoms with van der Waals surface area (Å²) >= 11 is 0. The van der Waals surface area contributed by atoms with Crippen LogP contribution in [0.4, 0.5) is 0 Å². The first-order chi connectivity index (χ1) is 9.78. The molecule has 0 aliphatic rings. The third-order valence-electron chi connectivity index (χ3n) is 3.77. The summed E-state index contributed by atoms with van der Waals surface area (Å²) in [5, 5.41) is 9.59. The molecular weight excluding hydrogens is 244 g/mol. The highest BCUT2D eigenvalue weighted by molar-refractivity contribution is 5.27. The molecule has 0 saturated carbocycles. The molecule has 1 atom stereocenters. The van der Waals surface area contributed by atoms with E-state index < -0.39 is 0 Å². The van der Waals surface area contributed by atoms with Gasteiger partial charge < -0.3 is 5.11 Å². The zero-order chi connectivity index (χ0) is 14.2. The van der Waals surface area contributed by atoms with Crippen molar-refractivity contribution in [1.29, 1.82) is 0 Å². The predicted molar refractivity (Wildman–Crippen MR) is 85.0 cm³/mol. The third-order valence-corrected chi connectivity index (χ3v) is 3.77. The molecule has 0 saturated heterocycles. The SMILES string of the molecule is CCCC[C@H](Cc1ccccc1)Cc1cccc(O)c1. The van der Waals surface area contributed by atoms with Crippen molar-refractivity contribution < 1.29 is 5.11 Å². The lowest BCUT2D eigenvalue weighted by Crippen LogP contribution is -2.08. The van der Waals surface area contributed by atoms with Crippen molar-refractivity contribution in [3.8, 4) is 5.75 Å². The van der Waals surface area contributed by atoms with E-state index in [2.05, 4.69) is 43.3 Å². The molecule has 20 heavy (non-hydrogen) atoms. The van der Waals surface area contributed by atoms with Crippen molar-refractivity contribution in [2.24, 2.45) is 5.92 Å². The smallest absolute Gasteiger partial charge is 0.115 e. The summed E-state index contributed by atoms with van der Waals surface area (Å²) in [4.78, 5) is 0. The molecule has 1 heteroatoms. The monoisotopic (exact) mass is 268 g/mol. The molecule has 0 aromatic heterocycles. The quantitative estimate of drug-likeness (QED) is 0.750. The van der Waals surface area contributed by atoms with Crippen LogP contribution in [0.2, 0.25) is 0 Å². The van der Waals surface area contributed by atoms with Gasteiger partial charge >= 0.3 is 0 Å². The minimum absolute atomic E-state index is 0.372. The molecule has 0 unspecified atom stereocenters. The Kier molecular flexibility index (Phi) is 5.67. The maximum Gasteiger partial charge on any atom is 0.115 e. The largest absolute Gasteiger partial charge is 0.508 e. The Labute approximate surface area is 122 Å². The van der Waals surface area contributed by atoms with Gasteiger partial charge in [0.25, 0.3) is 0 Å². The summed E-state index contributed by atoms with van der Waals surface area (Å²) < 4.78 is 0. The first-order valence-corrected chi connectivity index (χ1v) is 7.59. The Morgan fingerprint density at radius 1 is 0.900 bits per heavy atom. The average molecular weight is 268 g/mol. The zero-order valence-electron chi connectivity index (χ0n) is 12.3. The third kappa shape index (κ3) is 4.73. The van der Waals surface area contributed by atoms with Gasteiger partial charge in [-0.1, -0.05) is 62.2 Å². The van der Waals surface area contributed by atoms with Gasteiger partial charge in [0.15, 0.2) is 0 Å². The molecule has 0 fully saturated rings. The van der Waals surface area contributed by atoms with Gasteiger partial charge in [-0.25, -0.2) is 0 Å². The van der Waals surface area contributed by atoms with Crippen LogP contribution in [0.15, 0.2) is 54.6 Å². The Hall–Kier alpha value is -1.76. The fourth-order valence-corrected chi connectivity index (χ4v) is 2.73. The molecule has 0 amide bonds. The molecular formula is C19H24O. The number of phenolic OH excluding ortho intramolecular Hbond substituents is 1. The lowest BCUT2D eigenvalue weighted by molar-refractivity contribution is 0.454. The highest BCUT2D eigenvalue weighted by atomic mass is 16.3. The molecule has 0 spiro atoms. The van der Waals surface area contributed by atoms with E-state index in [1.807, 2.05) is 12.1 Å². The highest BCUT2D eigenvalue weighted by Crippen LogP contribution is 2.22. The van der Waals surface area contributed by atoms with Crippen LogP contribution in [0.1, 0.15) is 37.3 Å². The van der Waals surface area contributed by atoms with Crippen LogP contribution in [0, 0.1) is 5.92 Å². The molecule has 0 aliphatic carbocycles. The number of unbranched alkanes of at least 4 members (excludes halogenated alkanes) is 1. The van der Waals surface area contributed by atoms with Crippen LogP contribution in [0.3, 0.4) is 0 Å². The lowest BCUT2D eigenvalue weighted by atomic mass is 9.88. The molecule has 2 rings (SSSR count). The Bertz CT molecular complexity index is 504. The fraction of sp³-hybridized carbons (Fsp3) is 0.368. The molecule has 0 bridgehead atoms. The van der Waals surface area contributed by atoms with Crippen LogP contribution < -0.4 is 0 Å². The van der Waals surface area contributed by atoms with Gasteiger partial charge in [0.05, 0.1) is 0 Å². The van der Waals surface area contributed by atoms with E-state index in [0.29, 0.717) is 11.7 Å². The van der Waals surface area contributed by atoms with Crippen molar-refractivity contribution in [3.05, 3.63) is 65.7 Å². The van der Waals surface area contributed by atoms with Crippen LogP contribution in [0.25, 0.3) is 0 Å². The van der Waals surface area contributed by atoms with Crippen LogP contribution in [0.5, 0.6) is 5.75 Å². The number of rotatable bonds is 7. The molecule has 1 nitrogen and oxygen atoms in total. The van der Waals surface area contributed by atoms with Crippen molar-refractivity contribution in [2.45, 2.75) is 39.0 Å². The van der Waals surface area contributed by atoms with Crippen LogP contribution >= 0.6 is 0 Å². The number of aromatic hydroxyl groups is 1. The van der Waals surface area contributed by atoms with E-state index >= 15 is 0 Å². The van der Waals surface area contributed by atoms with E-state index in [0.717, 1.165) is 12.8 Å². The topological polar surface area (TPSA) is 20.2 Å². The Morgan fingerprint density at radius 3 is 2.30 bits per heavy atom. The lowest BCUT2D eigenvalue weighted by Gasteiger charge is -2.17. The second kappa shape index (κ2) is 7.74. The number of benzene rings is 2. The maximum atomic E-state index is 9.59. The first kappa shape index (κ1) is 14.6. The van der Waals surface area contributed by atoms with Gasteiger partial charge in [-0.05, 0) is 48.4 Å². The minimum Gasteiger partial charge on any atom is -0.508 e. The molecule has 2 aromatic carbocycles. The average Bonchev–Trinajstić information content (AvgIpc) is 2.46. The fourth-order valence-electron chi connectivity index (χ4n) is 2.73. The van der Waals surface area contributed by atoms with E-state index in [4.69, 9.17) is 0 Å². The zero-order valence-corrected chi connectivity index (χ0v) is 12.3. The van der Waals surface area contributed by atoms with Crippen molar-refractivity contribution >= 4 is 0 Å². The minimum atomic E-state index is 0.372. The summed E-state index contributed by atoms with van der Waals surface area (Å²) in [5.41, 5.74) is 2.65. The highest BCUT2D eigenvalue weighted by Gasteiger charge is 2.11. The van der Waals surface area contributed by atoms with E-state index in [9.17, 15) is 5.11 Å². The number of phenols is 1. The molecule has 0 aliphatic heterocycles. The second-order valence-electron chi connectivity index (χ2n) is 5.57. The normalized spacial score (nSPS) is 12.2. The summed E-state index contributed by atoms with van der Waals surface area (Å²) in [6.45, 7) is 2.24. The number of hydrogen-bond donors (Lipinski definition) is 1. The van der Waals surface area contributed by atoms with Crippen molar-refractivity contribution in [3.63, 3.8) is 0 Å². The van der Waals surface area contributed by atoms with E-state index in [1.54, 1.807) is 6.07 Å². The molecule has 0 radical (unpaired) electrons. The summed E-state index contributed by atoms with van der Waals surface area (Å²) in [7, 11) is 0. The number of hydrogen-bond acceptors (Lipinski definition) is 1. The standard InChI is InChI=1S/C19H24O/c1-2-3-8-17(13-16-9-5-4-6-10-16)14-18-11-7-12-19(20)15-18/h4-7,9-12,15,17,20H,2-3,8,13-14H2,1H3/t17-/m1/s1. The summed E-state index contributed by atoms with van der Waals surface area (Å²) in [5.74, 6) is 1.02. The maximum absolute atomic E-state index is 9.59. The van der Waals surface area contributed by atoms with E-state index in [-0.39, 0.29) is 0 Å². The van der Waals surface area contributed by atoms with Gasteiger partial charge in [0.1, 0.15) is 5.75 Å². The van der Waals surface area contributed by atoms with Crippen molar-refractivity contribution in [1.82, 2.24) is 0 Å². The Balaban J connectivity index is 2.03. The second-order valence-corrected chi connectivity index (χ2v) is 5.57. The van der Waals surface area contributed by atoms with Gasteiger partial charge in [-0.15, -0.1) is 0 Å².